The molecule has 3 amide bonds. The Balaban J connectivity index is 0.000000186. The first-order valence-corrected chi connectivity index (χ1v) is 22.3. The number of aromatic nitrogens is 6. The van der Waals surface area contributed by atoms with Crippen LogP contribution in [0.3, 0.4) is 0 Å². The minimum Gasteiger partial charge on any atom is -0.365 e. The lowest BCUT2D eigenvalue weighted by atomic mass is 10.4. The molecule has 0 aliphatic carbocycles. The summed E-state index contributed by atoms with van der Waals surface area (Å²) in [6.07, 6.45) is 0. The summed E-state index contributed by atoms with van der Waals surface area (Å²) in [6.45, 7) is 1.44. The van der Waals surface area contributed by atoms with Gasteiger partial charge < -0.3 is 20.4 Å². The number of amides is 3. The Morgan fingerprint density at radius 2 is 1.39 bits per heavy atom. The van der Waals surface area contributed by atoms with Gasteiger partial charge in [-0.25, -0.2) is 8.90 Å². The van der Waals surface area contributed by atoms with E-state index < -0.39 is 14.9 Å². The van der Waals surface area contributed by atoms with Gasteiger partial charge >= 0.3 is 0 Å². The van der Waals surface area contributed by atoms with Crippen LogP contribution in [0.25, 0.3) is 0 Å². The topological polar surface area (TPSA) is 143 Å². The molecule has 0 bridgehead atoms. The number of anilines is 2. The van der Waals surface area contributed by atoms with E-state index in [2.05, 4.69) is 67.0 Å². The second kappa shape index (κ2) is 12.3. The summed E-state index contributed by atoms with van der Waals surface area (Å²) in [7, 11) is 14.0. The summed E-state index contributed by atoms with van der Waals surface area (Å²) in [5, 5.41) is 21.6. The highest BCUT2D eigenvalue weighted by Crippen LogP contribution is 2.67. The number of rotatable bonds is 4. The molecule has 21 heteroatoms. The summed E-state index contributed by atoms with van der Waals surface area (Å²) in [6, 6.07) is 0. The molecular weight excluding hydrogens is 580 g/mol. The van der Waals surface area contributed by atoms with Gasteiger partial charge in [-0.2, -0.15) is 0 Å². The van der Waals surface area contributed by atoms with Crippen LogP contribution in [0.2, 0.25) is 0 Å². The van der Waals surface area contributed by atoms with E-state index in [4.69, 9.17) is 0 Å². The number of nitrogens with one attached hydrogen (secondary N) is 2. The van der Waals surface area contributed by atoms with Gasteiger partial charge in [0.1, 0.15) is 0 Å². The number of fused-ring (bicyclic) bond motifs is 2. The molecule has 0 radical (unpaired) electrons. The van der Waals surface area contributed by atoms with Crippen LogP contribution in [-0.2, 0) is 4.79 Å². The molecule has 2 aromatic rings. The average Bonchev–Trinajstić information content (AvgIpc) is 3.35. The van der Waals surface area contributed by atoms with E-state index in [1.165, 1.54) is 4.90 Å². The molecule has 0 spiro atoms. The van der Waals surface area contributed by atoms with Gasteiger partial charge in [0.25, 0.3) is 11.8 Å². The largest absolute Gasteiger partial charge is 0.365 e. The first kappa shape index (κ1) is 27.5. The fourth-order valence-electron chi connectivity index (χ4n) is 2.80. The van der Waals surface area contributed by atoms with Crippen LogP contribution in [0.1, 0.15) is 21.0 Å². The lowest BCUT2D eigenvalue weighted by molar-refractivity contribution is -0.116. The van der Waals surface area contributed by atoms with E-state index in [1.807, 2.05) is 0 Å². The summed E-state index contributed by atoms with van der Waals surface area (Å²) in [4.78, 5) is 38.8. The van der Waals surface area contributed by atoms with Crippen molar-refractivity contribution in [3.63, 3.8) is 0 Å². The number of hydrogen-bond donors (Lipinski definition) is 2. The zero-order chi connectivity index (χ0) is 24.3. The number of nitrogens with zero attached hydrogens (tertiary/aromatic N) is 8. The predicted molar refractivity (Wildman–Crippen MR) is 151 cm³/mol. The van der Waals surface area contributed by atoms with Crippen LogP contribution in [0, 0.1) is 0 Å². The molecule has 0 aromatic carbocycles. The lowest BCUT2D eigenvalue weighted by Gasteiger charge is -2.15. The maximum Gasteiger partial charge on any atom is 0.276 e. The molecule has 8 unspecified atom stereocenters. The molecule has 4 heterocycles. The van der Waals surface area contributed by atoms with Crippen molar-refractivity contribution in [2.75, 3.05) is 44.4 Å². The molecular formula is C12H24N10O3P8. The molecule has 2 aliphatic heterocycles. The van der Waals surface area contributed by atoms with E-state index in [9.17, 15) is 14.4 Å². The van der Waals surface area contributed by atoms with Gasteiger partial charge in [-0.05, 0) is 15.9 Å². The van der Waals surface area contributed by atoms with E-state index in [1.54, 1.807) is 27.9 Å². The van der Waals surface area contributed by atoms with Gasteiger partial charge in [0.15, 0.2) is 23.0 Å². The second-order valence-electron chi connectivity index (χ2n) is 6.66. The first-order chi connectivity index (χ1) is 15.7. The Kier molecular flexibility index (Phi) is 10.2. The molecule has 2 N–H and O–H groups in total. The lowest BCUT2D eigenvalue weighted by Crippen LogP contribution is -2.32. The SMILES string of the molecule is CN1CC(=O)Nc2nnn(P(P)PP)c2C1=O.CN1CCNc2nnn(P(P)PP)c2C1=O. The molecule has 2 aromatic heterocycles. The molecule has 4 rings (SSSR count). The van der Waals surface area contributed by atoms with Crippen molar-refractivity contribution in [2.45, 2.75) is 0 Å². The summed E-state index contributed by atoms with van der Waals surface area (Å²) >= 11 is 0. The van der Waals surface area contributed by atoms with Crippen molar-refractivity contribution in [3.8, 4) is 0 Å². The van der Waals surface area contributed by atoms with E-state index in [-0.39, 0.29) is 30.1 Å². The fourth-order valence-corrected chi connectivity index (χ4v) is 8.50. The van der Waals surface area contributed by atoms with E-state index in [0.717, 1.165) is 0 Å². The summed E-state index contributed by atoms with van der Waals surface area (Å²) < 4.78 is 3.32. The van der Waals surface area contributed by atoms with Crippen molar-refractivity contribution < 1.29 is 14.4 Å². The quantitative estimate of drug-likeness (QED) is 0.505. The van der Waals surface area contributed by atoms with Gasteiger partial charge in [-0.1, -0.05) is 28.3 Å². The van der Waals surface area contributed by atoms with Crippen molar-refractivity contribution in [1.82, 2.24) is 39.3 Å². The predicted octanol–water partition coefficient (Wildman–Crippen LogP) is 1.92. The third-order valence-corrected chi connectivity index (χ3v) is 23.2. The Morgan fingerprint density at radius 1 is 0.879 bits per heavy atom. The van der Waals surface area contributed by atoms with Gasteiger partial charge in [0.2, 0.25) is 5.91 Å². The van der Waals surface area contributed by atoms with Crippen LogP contribution in [-0.4, -0.2) is 90.8 Å². The van der Waals surface area contributed by atoms with E-state index in [0.29, 0.717) is 46.2 Å². The zero-order valence-corrected chi connectivity index (χ0v) is 26.0. The molecule has 180 valence electrons. The maximum absolute atomic E-state index is 12.1. The Morgan fingerprint density at radius 3 is 1.97 bits per heavy atom. The third-order valence-electron chi connectivity index (χ3n) is 4.46. The van der Waals surface area contributed by atoms with Crippen LogP contribution < -0.4 is 10.6 Å². The van der Waals surface area contributed by atoms with Crippen molar-refractivity contribution >= 4 is 95.9 Å². The van der Waals surface area contributed by atoms with Gasteiger partial charge in [-0.3, -0.25) is 14.4 Å². The van der Waals surface area contributed by atoms with Crippen LogP contribution in [0.5, 0.6) is 0 Å². The van der Waals surface area contributed by atoms with Gasteiger partial charge in [0.05, 0.1) is 21.4 Å². The van der Waals surface area contributed by atoms with Crippen molar-refractivity contribution in [2.24, 2.45) is 0 Å². The number of carbonyl (C=O) groups is 3. The highest BCUT2D eigenvalue weighted by molar-refractivity contribution is 8.61. The number of hydrogen-bond acceptors (Lipinski definition) is 8. The summed E-state index contributed by atoms with van der Waals surface area (Å²) in [5.74, 6) is 0.355. The highest BCUT2D eigenvalue weighted by Gasteiger charge is 2.31. The molecule has 13 nitrogen and oxygen atoms in total. The molecule has 0 saturated heterocycles. The van der Waals surface area contributed by atoms with Crippen LogP contribution in [0.15, 0.2) is 0 Å². The van der Waals surface area contributed by atoms with Gasteiger partial charge in [-0.15, -0.1) is 28.1 Å². The Labute approximate surface area is 205 Å². The standard InChI is InChI=1S/C6H11N5O2P4.C6H13N5OP4/c1-10-2-3(12)7-5-4(6(10)13)11(9-8-5)17(15)16-14;1-10-3-2-7-5-4(6(10)12)11(9-8-5)16(14)15-13/h16H,2,14-15H2,1H3,(H,7,12);7,15H,2-3,13-14H2,1H3. The normalized spacial score (nSPS) is 18.3. The van der Waals surface area contributed by atoms with E-state index >= 15 is 0 Å². The zero-order valence-electron chi connectivity index (χ0n) is 17.6. The third kappa shape index (κ3) is 6.20. The fraction of sp³-hybridized carbons (Fsp3) is 0.417. The first-order valence-electron chi connectivity index (χ1n) is 9.18. The minimum atomic E-state index is -0.671. The van der Waals surface area contributed by atoms with Crippen LogP contribution in [0.4, 0.5) is 11.6 Å². The highest BCUT2D eigenvalue weighted by atomic mass is 32.6. The smallest absolute Gasteiger partial charge is 0.276 e. The molecule has 8 atom stereocenters. The number of likely N-dealkylation sites (N-methyl/N-ethyl adjacent to an activating group) is 2. The molecule has 2 aliphatic rings. The maximum atomic E-state index is 12.1. The molecule has 0 fully saturated rings. The second-order valence-corrected chi connectivity index (χ2v) is 24.3. The number of carbonyl (C=O) groups excluding carboxylic acids is 3. The molecule has 0 saturated carbocycles. The Bertz CT molecular complexity index is 1050. The minimum absolute atomic E-state index is 0.0109. The van der Waals surface area contributed by atoms with Crippen molar-refractivity contribution in [1.29, 1.82) is 0 Å². The van der Waals surface area contributed by atoms with Gasteiger partial charge in [0, 0.05) is 27.2 Å². The average molecular weight is 604 g/mol. The van der Waals surface area contributed by atoms with Crippen molar-refractivity contribution in [3.05, 3.63) is 11.4 Å². The Hall–Kier alpha value is -0.0700. The van der Waals surface area contributed by atoms with Crippen LogP contribution >= 0.6 is 66.5 Å². The monoisotopic (exact) mass is 604 g/mol. The summed E-state index contributed by atoms with van der Waals surface area (Å²) in [5.41, 5.74) is 0.936. The molecule has 33 heavy (non-hydrogen) atoms.